The van der Waals surface area contributed by atoms with E-state index in [-0.39, 0.29) is 10.9 Å². The molecular formula is C8H6BClN2O3. The Morgan fingerprint density at radius 1 is 1.27 bits per heavy atom. The molecule has 0 atom stereocenters. The fraction of sp³-hybridized carbons (Fsp3) is 0. The van der Waals surface area contributed by atoms with E-state index < -0.39 is 7.12 Å². The van der Waals surface area contributed by atoms with Gasteiger partial charge in [0.15, 0.2) is 5.76 Å². The topological polar surface area (TPSA) is 79.4 Å². The van der Waals surface area contributed by atoms with Crippen molar-refractivity contribution in [3.05, 3.63) is 29.7 Å². The Morgan fingerprint density at radius 2 is 2.07 bits per heavy atom. The lowest BCUT2D eigenvalue weighted by molar-refractivity contribution is 0.410. The van der Waals surface area contributed by atoms with Gasteiger partial charge in [0.1, 0.15) is 11.4 Å². The van der Waals surface area contributed by atoms with Crippen molar-refractivity contribution in [3.63, 3.8) is 0 Å². The highest BCUT2D eigenvalue weighted by atomic mass is 35.5. The largest absolute Gasteiger partial charge is 0.526 e. The summed E-state index contributed by atoms with van der Waals surface area (Å²) in [4.78, 5) is 7.63. The van der Waals surface area contributed by atoms with Crippen LogP contribution in [0.4, 0.5) is 0 Å². The third-order valence-electron chi connectivity index (χ3n) is 1.76. The van der Waals surface area contributed by atoms with Crippen molar-refractivity contribution in [1.82, 2.24) is 9.97 Å². The molecule has 0 bridgehead atoms. The van der Waals surface area contributed by atoms with Crippen LogP contribution in [0.3, 0.4) is 0 Å². The first-order valence-corrected chi connectivity index (χ1v) is 4.49. The van der Waals surface area contributed by atoms with Crippen LogP contribution in [-0.4, -0.2) is 27.1 Å². The Labute approximate surface area is 90.5 Å². The van der Waals surface area contributed by atoms with E-state index >= 15 is 0 Å². The summed E-state index contributed by atoms with van der Waals surface area (Å²) in [6.07, 6.45) is 1.49. The summed E-state index contributed by atoms with van der Waals surface area (Å²) in [7, 11) is -1.63. The molecule has 2 aromatic rings. The molecule has 2 rings (SSSR count). The third-order valence-corrected chi connectivity index (χ3v) is 1.94. The first-order valence-electron chi connectivity index (χ1n) is 4.11. The van der Waals surface area contributed by atoms with Crippen LogP contribution in [0, 0.1) is 0 Å². The van der Waals surface area contributed by atoms with Gasteiger partial charge < -0.3 is 14.5 Å². The van der Waals surface area contributed by atoms with E-state index in [1.54, 1.807) is 12.1 Å². The summed E-state index contributed by atoms with van der Waals surface area (Å²) in [6, 6.07) is 4.64. The van der Waals surface area contributed by atoms with E-state index in [2.05, 4.69) is 9.97 Å². The molecular weight excluding hydrogens is 218 g/mol. The fourth-order valence-corrected chi connectivity index (χ4v) is 1.25. The van der Waals surface area contributed by atoms with Crippen LogP contribution in [0.15, 0.2) is 28.8 Å². The quantitative estimate of drug-likeness (QED) is 0.557. The first-order chi connectivity index (χ1) is 7.16. The molecule has 0 aliphatic carbocycles. The minimum Gasteiger partial charge on any atom is -0.463 e. The van der Waals surface area contributed by atoms with Gasteiger partial charge in [-0.05, 0) is 29.8 Å². The van der Waals surface area contributed by atoms with Crippen LogP contribution in [-0.2, 0) is 0 Å². The minimum absolute atomic E-state index is 0.0553. The molecule has 0 spiro atoms. The van der Waals surface area contributed by atoms with Gasteiger partial charge in [-0.1, -0.05) is 0 Å². The molecule has 0 saturated carbocycles. The summed E-state index contributed by atoms with van der Waals surface area (Å²) < 4.78 is 5.14. The van der Waals surface area contributed by atoms with Gasteiger partial charge in [-0.15, -0.1) is 0 Å². The molecule has 0 fully saturated rings. The molecule has 2 aromatic heterocycles. The maximum absolute atomic E-state index is 8.84. The summed E-state index contributed by atoms with van der Waals surface area (Å²) in [5.41, 5.74) is 0.543. The Bertz CT molecular complexity index is 474. The molecule has 0 unspecified atom stereocenters. The lowest BCUT2D eigenvalue weighted by Gasteiger charge is -1.96. The molecule has 7 heteroatoms. The average Bonchev–Trinajstić information content (AvgIpc) is 2.66. The molecule has 2 N–H and O–H groups in total. The molecule has 5 nitrogen and oxygen atoms in total. The highest BCUT2D eigenvalue weighted by Crippen LogP contribution is 2.16. The highest BCUT2D eigenvalue weighted by molar-refractivity contribution is 6.57. The molecule has 76 valence electrons. The van der Waals surface area contributed by atoms with Crippen LogP contribution in [0.1, 0.15) is 0 Å². The lowest BCUT2D eigenvalue weighted by atomic mass is 9.88. The zero-order chi connectivity index (χ0) is 10.8. The maximum Gasteiger partial charge on any atom is 0.526 e. The van der Waals surface area contributed by atoms with Crippen molar-refractivity contribution in [2.45, 2.75) is 0 Å². The molecule has 0 aliphatic heterocycles. The summed E-state index contributed by atoms with van der Waals surface area (Å²) >= 11 is 5.60. The van der Waals surface area contributed by atoms with Gasteiger partial charge in [-0.25, -0.2) is 9.97 Å². The van der Waals surface area contributed by atoms with Gasteiger partial charge in [0.2, 0.25) is 5.28 Å². The van der Waals surface area contributed by atoms with Gasteiger partial charge in [0.25, 0.3) is 0 Å². The van der Waals surface area contributed by atoms with Crippen molar-refractivity contribution in [3.8, 4) is 11.5 Å². The zero-order valence-electron chi connectivity index (χ0n) is 7.46. The van der Waals surface area contributed by atoms with Crippen LogP contribution >= 0.6 is 11.6 Å². The van der Waals surface area contributed by atoms with Gasteiger partial charge in [0.05, 0.1) is 0 Å². The average molecular weight is 224 g/mol. The van der Waals surface area contributed by atoms with E-state index in [4.69, 9.17) is 26.1 Å². The van der Waals surface area contributed by atoms with E-state index in [0.29, 0.717) is 11.5 Å². The fourth-order valence-electron chi connectivity index (χ4n) is 1.10. The van der Waals surface area contributed by atoms with E-state index in [1.807, 2.05) is 0 Å². The maximum atomic E-state index is 8.84. The molecule has 15 heavy (non-hydrogen) atoms. The van der Waals surface area contributed by atoms with Crippen molar-refractivity contribution in [2.75, 3.05) is 0 Å². The van der Waals surface area contributed by atoms with Gasteiger partial charge in [-0.3, -0.25) is 0 Å². The van der Waals surface area contributed by atoms with Crippen molar-refractivity contribution >= 4 is 24.4 Å². The Balaban J connectivity index is 2.37. The Morgan fingerprint density at radius 3 is 2.67 bits per heavy atom. The second-order valence-electron chi connectivity index (χ2n) is 2.79. The lowest BCUT2D eigenvalue weighted by Crippen LogP contribution is -2.27. The van der Waals surface area contributed by atoms with E-state index in [9.17, 15) is 0 Å². The summed E-state index contributed by atoms with van der Waals surface area (Å²) in [5, 5.41) is 17.8. The number of hydrogen-bond donors (Lipinski definition) is 2. The summed E-state index contributed by atoms with van der Waals surface area (Å²) in [5.74, 6) is 0.405. The van der Waals surface area contributed by atoms with Crippen LogP contribution in [0.25, 0.3) is 11.5 Å². The van der Waals surface area contributed by atoms with Gasteiger partial charge in [0, 0.05) is 6.20 Å². The molecule has 0 saturated heterocycles. The Kier molecular flexibility index (Phi) is 2.72. The molecule has 0 aromatic carbocycles. The standard InChI is InChI=1S/C8H6BClN2O3/c10-8-11-4-3-5(12-8)6-1-2-7(15-6)9(13)14/h1-4,13-14H. The first kappa shape index (κ1) is 10.2. The monoisotopic (exact) mass is 224 g/mol. The molecule has 2 heterocycles. The molecule has 0 radical (unpaired) electrons. The number of rotatable bonds is 2. The summed E-state index contributed by atoms with van der Waals surface area (Å²) in [6.45, 7) is 0. The normalized spacial score (nSPS) is 10.3. The van der Waals surface area contributed by atoms with Crippen LogP contribution in [0.5, 0.6) is 0 Å². The minimum atomic E-state index is -1.63. The van der Waals surface area contributed by atoms with E-state index in [1.165, 1.54) is 12.3 Å². The number of aromatic nitrogens is 2. The number of hydrogen-bond acceptors (Lipinski definition) is 5. The van der Waals surface area contributed by atoms with Crippen LogP contribution in [0.2, 0.25) is 5.28 Å². The number of halogens is 1. The van der Waals surface area contributed by atoms with Gasteiger partial charge in [-0.2, -0.15) is 0 Å². The van der Waals surface area contributed by atoms with Crippen molar-refractivity contribution in [1.29, 1.82) is 0 Å². The molecule has 0 aliphatic rings. The smallest absolute Gasteiger partial charge is 0.463 e. The number of nitrogens with zero attached hydrogens (tertiary/aromatic N) is 2. The second kappa shape index (κ2) is 4.02. The molecule has 0 amide bonds. The number of furan rings is 1. The third kappa shape index (κ3) is 2.17. The highest BCUT2D eigenvalue weighted by Gasteiger charge is 2.17. The van der Waals surface area contributed by atoms with Crippen molar-refractivity contribution < 1.29 is 14.5 Å². The second-order valence-corrected chi connectivity index (χ2v) is 3.12. The SMILES string of the molecule is OB(O)c1ccc(-c2ccnc(Cl)n2)o1. The predicted molar refractivity (Wildman–Crippen MR) is 54.6 cm³/mol. The van der Waals surface area contributed by atoms with Gasteiger partial charge >= 0.3 is 7.12 Å². The zero-order valence-corrected chi connectivity index (χ0v) is 8.22. The predicted octanol–water partition coefficient (Wildman–Crippen LogP) is 0.0698. The van der Waals surface area contributed by atoms with Crippen LogP contribution < -0.4 is 5.66 Å². The van der Waals surface area contributed by atoms with Crippen molar-refractivity contribution in [2.24, 2.45) is 0 Å². The Hall–Kier alpha value is -1.37. The van der Waals surface area contributed by atoms with E-state index in [0.717, 1.165) is 0 Å².